The van der Waals surface area contributed by atoms with Crippen LogP contribution in [0.1, 0.15) is 36.6 Å². The first-order valence-corrected chi connectivity index (χ1v) is 14.5. The van der Waals surface area contributed by atoms with E-state index in [2.05, 4.69) is 4.99 Å². The van der Waals surface area contributed by atoms with Crippen molar-refractivity contribution in [2.24, 2.45) is 4.99 Å². The van der Waals surface area contributed by atoms with Crippen LogP contribution in [-0.2, 0) is 16.1 Å². The van der Waals surface area contributed by atoms with Gasteiger partial charge in [0.15, 0.2) is 27.8 Å². The molecule has 222 valence electrons. The SMILES string of the molecule is CCOC(=O)C1=C(C)N=c2s/c(=C/c3ccc(OCc4ccccc4)c(OC)c3)c(=O)n2C1c1ccc(OC)c(OC)c1. The number of thiazole rings is 1. The minimum absolute atomic E-state index is 0.186. The van der Waals surface area contributed by atoms with E-state index in [9.17, 15) is 9.59 Å². The highest BCUT2D eigenvalue weighted by molar-refractivity contribution is 7.07. The predicted octanol–water partition coefficient (Wildman–Crippen LogP) is 4.40. The maximum atomic E-state index is 14.0. The van der Waals surface area contributed by atoms with Gasteiger partial charge >= 0.3 is 5.97 Å². The van der Waals surface area contributed by atoms with Crippen LogP contribution in [0.15, 0.2) is 87.8 Å². The Morgan fingerprint density at radius 1 is 0.930 bits per heavy atom. The lowest BCUT2D eigenvalue weighted by Crippen LogP contribution is -2.39. The molecule has 0 bridgehead atoms. The molecule has 0 spiro atoms. The van der Waals surface area contributed by atoms with Crippen molar-refractivity contribution in [3.63, 3.8) is 0 Å². The van der Waals surface area contributed by atoms with Gasteiger partial charge < -0.3 is 23.7 Å². The molecular weight excluding hydrogens is 568 g/mol. The van der Waals surface area contributed by atoms with Gasteiger partial charge in [-0.15, -0.1) is 0 Å². The molecule has 0 radical (unpaired) electrons. The number of methoxy groups -OCH3 is 3. The monoisotopic (exact) mass is 600 g/mol. The fraction of sp³-hybridized carbons (Fsp3) is 0.242. The number of carbonyl (C=O) groups excluding carboxylic acids is 1. The first-order chi connectivity index (χ1) is 20.9. The van der Waals surface area contributed by atoms with Crippen molar-refractivity contribution in [3.8, 4) is 23.0 Å². The lowest BCUT2D eigenvalue weighted by atomic mass is 9.95. The minimum atomic E-state index is -0.777. The lowest BCUT2D eigenvalue weighted by molar-refractivity contribution is -0.139. The van der Waals surface area contributed by atoms with Crippen LogP contribution in [0.3, 0.4) is 0 Å². The number of allylic oxidation sites excluding steroid dienone is 1. The lowest BCUT2D eigenvalue weighted by Gasteiger charge is -2.25. The molecule has 0 amide bonds. The average Bonchev–Trinajstić information content (AvgIpc) is 3.33. The van der Waals surface area contributed by atoms with Crippen LogP contribution in [0.5, 0.6) is 23.0 Å². The Kier molecular flexibility index (Phi) is 8.96. The Hall–Kier alpha value is -4.83. The average molecular weight is 601 g/mol. The predicted molar refractivity (Wildman–Crippen MR) is 164 cm³/mol. The van der Waals surface area contributed by atoms with Crippen LogP contribution < -0.4 is 33.8 Å². The third-order valence-corrected chi connectivity index (χ3v) is 7.95. The van der Waals surface area contributed by atoms with E-state index in [0.717, 1.165) is 11.1 Å². The molecule has 3 aromatic carbocycles. The summed E-state index contributed by atoms with van der Waals surface area (Å²) < 4.78 is 29.9. The molecule has 1 unspecified atom stereocenters. The Balaban J connectivity index is 1.58. The first kappa shape index (κ1) is 29.7. The number of nitrogens with zero attached hydrogens (tertiary/aromatic N) is 2. The van der Waals surface area contributed by atoms with Gasteiger partial charge in [0, 0.05) is 0 Å². The zero-order valence-corrected chi connectivity index (χ0v) is 25.4. The van der Waals surface area contributed by atoms with Crippen molar-refractivity contribution in [2.75, 3.05) is 27.9 Å². The smallest absolute Gasteiger partial charge is 0.338 e. The number of aromatic nitrogens is 1. The third-order valence-electron chi connectivity index (χ3n) is 6.96. The van der Waals surface area contributed by atoms with Gasteiger partial charge in [0.05, 0.1) is 49.8 Å². The molecule has 10 heteroatoms. The van der Waals surface area contributed by atoms with Gasteiger partial charge in [-0.3, -0.25) is 9.36 Å². The summed E-state index contributed by atoms with van der Waals surface area (Å²) in [7, 11) is 4.66. The van der Waals surface area contributed by atoms with Crippen LogP contribution in [0.25, 0.3) is 6.08 Å². The standard InChI is InChI=1S/C33H32N2O7S/c1-6-41-32(37)29-20(2)34-33-35(30(29)23-13-15-24(38-3)27(18-23)40-5)31(36)28(43-33)17-22-12-14-25(26(16-22)39-4)42-19-21-10-8-7-9-11-21/h7-18,30H,6,19H2,1-5H3/b28-17+. The molecule has 0 saturated carbocycles. The molecule has 0 fully saturated rings. The van der Waals surface area contributed by atoms with Gasteiger partial charge in [-0.2, -0.15) is 0 Å². The molecule has 1 aromatic heterocycles. The number of rotatable bonds is 10. The molecule has 9 nitrogen and oxygen atoms in total. The van der Waals surface area contributed by atoms with E-state index in [-0.39, 0.29) is 17.7 Å². The molecule has 2 heterocycles. The van der Waals surface area contributed by atoms with E-state index in [0.29, 0.717) is 50.2 Å². The number of carbonyl (C=O) groups is 1. The normalized spacial score (nSPS) is 14.5. The molecule has 0 N–H and O–H groups in total. The first-order valence-electron chi connectivity index (χ1n) is 13.6. The van der Waals surface area contributed by atoms with Crippen molar-refractivity contribution >= 4 is 23.4 Å². The Morgan fingerprint density at radius 2 is 1.63 bits per heavy atom. The van der Waals surface area contributed by atoms with Gasteiger partial charge in [-0.1, -0.05) is 53.8 Å². The zero-order valence-electron chi connectivity index (χ0n) is 24.6. The summed E-state index contributed by atoms with van der Waals surface area (Å²) in [6, 6.07) is 19.9. The summed E-state index contributed by atoms with van der Waals surface area (Å²) in [4.78, 5) is 32.3. The van der Waals surface area contributed by atoms with Crippen LogP contribution in [0, 0.1) is 0 Å². The zero-order chi connectivity index (χ0) is 30.5. The number of hydrogen-bond acceptors (Lipinski definition) is 9. The van der Waals surface area contributed by atoms with Crippen LogP contribution in [0.4, 0.5) is 0 Å². The molecule has 1 aliphatic heterocycles. The van der Waals surface area contributed by atoms with Gasteiger partial charge in [-0.05, 0) is 60.9 Å². The van der Waals surface area contributed by atoms with Crippen molar-refractivity contribution in [1.29, 1.82) is 0 Å². The van der Waals surface area contributed by atoms with Gasteiger partial charge in [0.2, 0.25) is 0 Å². The molecule has 0 aliphatic carbocycles. The largest absolute Gasteiger partial charge is 0.493 e. The fourth-order valence-corrected chi connectivity index (χ4v) is 5.96. The maximum absolute atomic E-state index is 14.0. The van der Waals surface area contributed by atoms with E-state index < -0.39 is 12.0 Å². The highest BCUT2D eigenvalue weighted by Gasteiger charge is 2.34. The van der Waals surface area contributed by atoms with Crippen molar-refractivity contribution < 1.29 is 28.5 Å². The minimum Gasteiger partial charge on any atom is -0.493 e. The molecule has 1 atom stereocenters. The van der Waals surface area contributed by atoms with Gasteiger partial charge in [-0.25, -0.2) is 9.79 Å². The second-order valence-electron chi connectivity index (χ2n) is 9.60. The maximum Gasteiger partial charge on any atom is 0.338 e. The highest BCUT2D eigenvalue weighted by atomic mass is 32.1. The second kappa shape index (κ2) is 13.0. The highest BCUT2D eigenvalue weighted by Crippen LogP contribution is 2.36. The molecule has 43 heavy (non-hydrogen) atoms. The number of fused-ring (bicyclic) bond motifs is 1. The van der Waals surface area contributed by atoms with Crippen molar-refractivity contribution in [2.45, 2.75) is 26.5 Å². The fourth-order valence-electron chi connectivity index (χ4n) is 4.91. The van der Waals surface area contributed by atoms with Crippen LogP contribution in [-0.4, -0.2) is 38.5 Å². The number of hydrogen-bond donors (Lipinski definition) is 0. The summed E-state index contributed by atoms with van der Waals surface area (Å²) >= 11 is 1.24. The Morgan fingerprint density at radius 3 is 2.33 bits per heavy atom. The van der Waals surface area contributed by atoms with E-state index in [4.69, 9.17) is 23.7 Å². The number of esters is 1. The summed E-state index contributed by atoms with van der Waals surface area (Å²) in [5.41, 5.74) is 2.92. The van der Waals surface area contributed by atoms with E-state index >= 15 is 0 Å². The molecule has 0 saturated heterocycles. The Bertz CT molecular complexity index is 1860. The molecule has 1 aliphatic rings. The molecule has 4 aromatic rings. The number of ether oxygens (including phenoxy) is 5. The van der Waals surface area contributed by atoms with E-state index in [1.165, 1.54) is 23.0 Å². The summed E-state index contributed by atoms with van der Waals surface area (Å²) in [5.74, 6) is 1.60. The third kappa shape index (κ3) is 6.05. The number of benzene rings is 3. The quantitative estimate of drug-likeness (QED) is 0.249. The Labute approximate surface area is 252 Å². The van der Waals surface area contributed by atoms with Crippen LogP contribution in [0.2, 0.25) is 0 Å². The molecule has 5 rings (SSSR count). The van der Waals surface area contributed by atoms with E-state index in [1.807, 2.05) is 48.5 Å². The van der Waals surface area contributed by atoms with Crippen molar-refractivity contribution in [3.05, 3.63) is 114 Å². The topological polar surface area (TPSA) is 97.6 Å². The summed E-state index contributed by atoms with van der Waals surface area (Å²) in [6.07, 6.45) is 1.78. The van der Waals surface area contributed by atoms with Gasteiger partial charge in [0.1, 0.15) is 6.61 Å². The van der Waals surface area contributed by atoms with E-state index in [1.54, 1.807) is 52.3 Å². The summed E-state index contributed by atoms with van der Waals surface area (Å²) in [5, 5.41) is 0. The second-order valence-corrected chi connectivity index (χ2v) is 10.6. The van der Waals surface area contributed by atoms with Crippen molar-refractivity contribution in [1.82, 2.24) is 4.57 Å². The molecular formula is C33H32N2O7S. The van der Waals surface area contributed by atoms with Gasteiger partial charge in [0.25, 0.3) is 5.56 Å². The van der Waals surface area contributed by atoms with Crippen LogP contribution >= 0.6 is 11.3 Å². The summed E-state index contributed by atoms with van der Waals surface area (Å²) in [6.45, 7) is 4.07.